The number of hydrogen-bond acceptors (Lipinski definition) is 5. The Morgan fingerprint density at radius 2 is 2.20 bits per heavy atom. The first kappa shape index (κ1) is 15.4. The summed E-state index contributed by atoms with van der Waals surface area (Å²) in [4.78, 5) is 12.2. The molecule has 0 unspecified atom stereocenters. The van der Waals surface area contributed by atoms with Crippen LogP contribution in [0.1, 0.15) is 23.8 Å². The number of hydrogen-bond donors (Lipinski definition) is 1. The normalized spacial score (nSPS) is 18.8. The lowest BCUT2D eigenvalue weighted by Gasteiger charge is -2.02. The lowest BCUT2D eigenvalue weighted by molar-refractivity contribution is -0.122. The summed E-state index contributed by atoms with van der Waals surface area (Å²) in [5.74, 6) is 1.88. The van der Waals surface area contributed by atoms with Crippen LogP contribution in [0.5, 0.6) is 5.75 Å². The van der Waals surface area contributed by atoms with Crippen LogP contribution in [0, 0.1) is 5.92 Å². The van der Waals surface area contributed by atoms with E-state index in [2.05, 4.69) is 15.6 Å². The Balaban J connectivity index is 1.33. The number of benzene rings is 1. The number of aromatic nitrogens is 3. The Labute approximate surface area is 144 Å². The lowest BCUT2D eigenvalue weighted by Crippen LogP contribution is -2.25. The van der Waals surface area contributed by atoms with Crippen molar-refractivity contribution in [2.75, 3.05) is 7.11 Å². The predicted octanol–water partition coefficient (Wildman–Crippen LogP) is 2.29. The minimum atomic E-state index is -0.0113. The molecule has 1 aromatic carbocycles. The molecule has 0 spiro atoms. The summed E-state index contributed by atoms with van der Waals surface area (Å²) in [6.45, 7) is 0.358. The molecule has 2 atom stereocenters. The lowest BCUT2D eigenvalue weighted by atomic mass is 10.2. The first-order valence-corrected chi connectivity index (χ1v) is 8.11. The van der Waals surface area contributed by atoms with Gasteiger partial charge in [-0.05, 0) is 42.8 Å². The van der Waals surface area contributed by atoms with Gasteiger partial charge in [-0.3, -0.25) is 4.79 Å². The zero-order chi connectivity index (χ0) is 17.2. The van der Waals surface area contributed by atoms with E-state index in [1.807, 2.05) is 36.4 Å². The molecular weight excluding hydrogens is 320 g/mol. The van der Waals surface area contributed by atoms with Gasteiger partial charge in [-0.15, -0.1) is 5.10 Å². The van der Waals surface area contributed by atoms with Crippen LogP contribution in [0.25, 0.3) is 5.69 Å². The maximum absolute atomic E-state index is 12.2. The van der Waals surface area contributed by atoms with Crippen LogP contribution in [0.15, 0.2) is 53.3 Å². The van der Waals surface area contributed by atoms with Crippen LogP contribution < -0.4 is 10.1 Å². The highest BCUT2D eigenvalue weighted by atomic mass is 16.5. The molecule has 2 heterocycles. The van der Waals surface area contributed by atoms with E-state index in [-0.39, 0.29) is 17.7 Å². The maximum Gasteiger partial charge on any atom is 0.224 e. The molecule has 0 radical (unpaired) electrons. The molecule has 25 heavy (non-hydrogen) atoms. The second kappa shape index (κ2) is 6.43. The van der Waals surface area contributed by atoms with E-state index in [1.54, 1.807) is 24.3 Å². The largest absolute Gasteiger partial charge is 0.497 e. The second-order valence-corrected chi connectivity index (χ2v) is 6.03. The van der Waals surface area contributed by atoms with Crippen LogP contribution in [0.2, 0.25) is 0 Å². The number of amides is 1. The van der Waals surface area contributed by atoms with E-state index in [1.165, 1.54) is 0 Å². The number of methoxy groups -OCH3 is 1. The van der Waals surface area contributed by atoms with Crippen LogP contribution in [0.4, 0.5) is 0 Å². The molecule has 7 nitrogen and oxygen atoms in total. The zero-order valence-electron chi connectivity index (χ0n) is 13.8. The molecular formula is C18H18N4O3. The Morgan fingerprint density at radius 3 is 2.92 bits per heavy atom. The van der Waals surface area contributed by atoms with Gasteiger partial charge >= 0.3 is 0 Å². The van der Waals surface area contributed by atoms with Crippen LogP contribution in [-0.4, -0.2) is 28.0 Å². The third-order valence-corrected chi connectivity index (χ3v) is 4.36. The number of carbonyl (C=O) groups excluding carboxylic acids is 1. The molecule has 0 saturated heterocycles. The molecule has 4 rings (SSSR count). The maximum atomic E-state index is 12.2. The van der Waals surface area contributed by atoms with E-state index in [0.29, 0.717) is 12.2 Å². The summed E-state index contributed by atoms with van der Waals surface area (Å²) in [5, 5.41) is 11.1. The summed E-state index contributed by atoms with van der Waals surface area (Å²) in [6.07, 6.45) is 4.27. The number of furan rings is 1. The van der Waals surface area contributed by atoms with Crippen molar-refractivity contribution in [1.29, 1.82) is 0 Å². The number of ether oxygens (including phenoxy) is 1. The van der Waals surface area contributed by atoms with Crippen LogP contribution in [-0.2, 0) is 11.3 Å². The fourth-order valence-corrected chi connectivity index (χ4v) is 2.85. The molecule has 0 aliphatic heterocycles. The fourth-order valence-electron chi connectivity index (χ4n) is 2.85. The van der Waals surface area contributed by atoms with Crippen molar-refractivity contribution in [2.45, 2.75) is 18.9 Å². The average Bonchev–Trinajstić information content (AvgIpc) is 3.06. The summed E-state index contributed by atoms with van der Waals surface area (Å²) in [5.41, 5.74) is 1.59. The topological polar surface area (TPSA) is 82.2 Å². The van der Waals surface area contributed by atoms with E-state index in [0.717, 1.165) is 23.6 Å². The van der Waals surface area contributed by atoms with E-state index in [4.69, 9.17) is 9.15 Å². The van der Waals surface area contributed by atoms with Crippen molar-refractivity contribution in [3.8, 4) is 11.4 Å². The Kier molecular flexibility index (Phi) is 3.97. The highest BCUT2D eigenvalue weighted by Crippen LogP contribution is 2.47. The van der Waals surface area contributed by atoms with Gasteiger partial charge < -0.3 is 14.5 Å². The van der Waals surface area contributed by atoms with Gasteiger partial charge in [-0.25, -0.2) is 4.68 Å². The monoisotopic (exact) mass is 338 g/mol. The highest BCUT2D eigenvalue weighted by Gasteiger charge is 2.45. The quantitative estimate of drug-likeness (QED) is 0.746. The van der Waals surface area contributed by atoms with Crippen molar-refractivity contribution < 1.29 is 13.9 Å². The van der Waals surface area contributed by atoms with Crippen molar-refractivity contribution in [2.24, 2.45) is 5.92 Å². The predicted molar refractivity (Wildman–Crippen MR) is 89.3 cm³/mol. The minimum absolute atomic E-state index is 0.0113. The molecule has 128 valence electrons. The molecule has 1 amide bonds. The van der Waals surface area contributed by atoms with Gasteiger partial charge in [0.05, 0.1) is 31.8 Å². The van der Waals surface area contributed by atoms with Crippen molar-refractivity contribution in [1.82, 2.24) is 20.3 Å². The smallest absolute Gasteiger partial charge is 0.224 e. The second-order valence-electron chi connectivity index (χ2n) is 6.03. The molecule has 1 N–H and O–H groups in total. The zero-order valence-corrected chi connectivity index (χ0v) is 13.8. The highest BCUT2D eigenvalue weighted by molar-refractivity contribution is 5.82. The van der Waals surface area contributed by atoms with E-state index in [9.17, 15) is 4.79 Å². The van der Waals surface area contributed by atoms with Gasteiger partial charge in [0.15, 0.2) is 0 Å². The van der Waals surface area contributed by atoms with Gasteiger partial charge in [-0.1, -0.05) is 5.21 Å². The van der Waals surface area contributed by atoms with E-state index >= 15 is 0 Å². The third-order valence-electron chi connectivity index (χ3n) is 4.36. The first-order valence-electron chi connectivity index (χ1n) is 8.11. The van der Waals surface area contributed by atoms with Crippen LogP contribution in [0.3, 0.4) is 0 Å². The number of rotatable bonds is 6. The summed E-state index contributed by atoms with van der Waals surface area (Å²) in [6, 6.07) is 11.3. The Hall–Kier alpha value is -3.09. The molecule has 1 aliphatic rings. The number of nitrogens with zero attached hydrogens (tertiary/aromatic N) is 3. The first-order chi connectivity index (χ1) is 12.2. The van der Waals surface area contributed by atoms with Crippen molar-refractivity contribution in [3.05, 3.63) is 60.3 Å². The molecule has 2 aromatic heterocycles. The molecule has 1 saturated carbocycles. The van der Waals surface area contributed by atoms with E-state index < -0.39 is 0 Å². The molecule has 7 heteroatoms. The average molecular weight is 338 g/mol. The standard InChI is InChI=1S/C18H18N4O3/c1-24-14-6-4-13(5-7-14)22-11-12(20-21-22)10-19-18(23)16-9-15(16)17-3-2-8-25-17/h2-8,11,15-16H,9-10H2,1H3,(H,19,23)/t15-,16-/m1/s1. The van der Waals surface area contributed by atoms with Gasteiger partial charge in [0.1, 0.15) is 17.2 Å². The molecule has 3 aromatic rings. The Bertz CT molecular complexity index is 855. The summed E-state index contributed by atoms with van der Waals surface area (Å²) < 4.78 is 12.2. The molecule has 1 fully saturated rings. The van der Waals surface area contributed by atoms with Gasteiger partial charge in [0.25, 0.3) is 0 Å². The Morgan fingerprint density at radius 1 is 1.36 bits per heavy atom. The van der Waals surface area contributed by atoms with Gasteiger partial charge in [0, 0.05) is 11.8 Å². The fraction of sp³-hybridized carbons (Fsp3) is 0.278. The van der Waals surface area contributed by atoms with Crippen molar-refractivity contribution in [3.63, 3.8) is 0 Å². The SMILES string of the molecule is COc1ccc(-n2cc(CNC(=O)[C@@H]3C[C@H]3c3ccco3)nn2)cc1. The summed E-state index contributed by atoms with van der Waals surface area (Å²) >= 11 is 0. The van der Waals surface area contributed by atoms with Gasteiger partial charge in [-0.2, -0.15) is 0 Å². The van der Waals surface area contributed by atoms with Gasteiger partial charge in [0.2, 0.25) is 5.91 Å². The molecule has 1 aliphatic carbocycles. The minimum Gasteiger partial charge on any atom is -0.497 e. The number of carbonyl (C=O) groups is 1. The number of nitrogens with one attached hydrogen (secondary N) is 1. The third kappa shape index (κ3) is 3.26. The van der Waals surface area contributed by atoms with Crippen molar-refractivity contribution >= 4 is 5.91 Å². The molecule has 0 bridgehead atoms. The van der Waals surface area contributed by atoms with Crippen LogP contribution >= 0.6 is 0 Å². The summed E-state index contributed by atoms with van der Waals surface area (Å²) in [7, 11) is 1.63.